The number of ether oxygens (including phenoxy) is 2. The minimum atomic E-state index is -0.0792. The third-order valence-electron chi connectivity index (χ3n) is 5.67. The maximum atomic E-state index is 13.0. The lowest BCUT2D eigenvalue weighted by Crippen LogP contribution is -2.42. The van der Waals surface area contributed by atoms with Crippen LogP contribution in [0.25, 0.3) is 0 Å². The van der Waals surface area contributed by atoms with Crippen molar-refractivity contribution in [2.24, 2.45) is 5.92 Å². The van der Waals surface area contributed by atoms with E-state index in [0.29, 0.717) is 34.6 Å². The minimum absolute atomic E-state index is 0.0759. The summed E-state index contributed by atoms with van der Waals surface area (Å²) in [5.41, 5.74) is 1.22. The SMILES string of the molecule is COc1cc(CC(=O)N2C[C@@H]3CC[C@H](C2)N(C)C3)c(C(C)=O)cc1OC. The fraction of sp³-hybridized carbons (Fsp3) is 0.600. The van der Waals surface area contributed by atoms with E-state index in [1.807, 2.05) is 4.90 Å². The number of carbonyl (C=O) groups excluding carboxylic acids is 2. The van der Waals surface area contributed by atoms with E-state index in [9.17, 15) is 9.59 Å². The van der Waals surface area contributed by atoms with E-state index < -0.39 is 0 Å². The summed E-state index contributed by atoms with van der Waals surface area (Å²) in [5, 5.41) is 0. The summed E-state index contributed by atoms with van der Waals surface area (Å²) in [7, 11) is 5.24. The standard InChI is InChI=1S/C20H28N2O4/c1-13(23)17-9-19(26-4)18(25-3)7-15(17)8-20(24)22-11-14-5-6-16(12-22)21(2)10-14/h7,9,14,16H,5-6,8,10-12H2,1-4H3/t14-,16-/m1/s1. The van der Waals surface area contributed by atoms with Gasteiger partial charge in [0.1, 0.15) is 0 Å². The molecule has 6 nitrogen and oxygen atoms in total. The highest BCUT2D eigenvalue weighted by Crippen LogP contribution is 2.32. The molecule has 2 atom stereocenters. The Morgan fingerprint density at radius 2 is 1.77 bits per heavy atom. The average Bonchev–Trinajstić information content (AvgIpc) is 2.92. The van der Waals surface area contributed by atoms with Gasteiger partial charge in [-0.15, -0.1) is 0 Å². The smallest absolute Gasteiger partial charge is 0.227 e. The Kier molecular flexibility index (Phi) is 5.51. The van der Waals surface area contributed by atoms with Gasteiger partial charge < -0.3 is 19.3 Å². The van der Waals surface area contributed by atoms with Crippen molar-refractivity contribution in [3.63, 3.8) is 0 Å². The average molecular weight is 360 g/mol. The van der Waals surface area contributed by atoms with Crippen LogP contribution in [0, 0.1) is 5.92 Å². The van der Waals surface area contributed by atoms with Gasteiger partial charge in [0.05, 0.1) is 20.6 Å². The highest BCUT2D eigenvalue weighted by Gasteiger charge is 2.34. The summed E-state index contributed by atoms with van der Waals surface area (Å²) >= 11 is 0. The Morgan fingerprint density at radius 3 is 2.38 bits per heavy atom. The molecule has 0 spiro atoms. The first kappa shape index (κ1) is 18.7. The van der Waals surface area contributed by atoms with Gasteiger partial charge in [0.15, 0.2) is 17.3 Å². The summed E-state index contributed by atoms with van der Waals surface area (Å²) in [4.78, 5) is 29.4. The van der Waals surface area contributed by atoms with Crippen molar-refractivity contribution in [1.29, 1.82) is 0 Å². The molecule has 3 aliphatic heterocycles. The van der Waals surface area contributed by atoms with Crippen LogP contribution in [-0.4, -0.2) is 68.4 Å². The van der Waals surface area contributed by atoms with Gasteiger partial charge in [-0.25, -0.2) is 0 Å². The van der Waals surface area contributed by atoms with Gasteiger partial charge in [0, 0.05) is 31.2 Å². The van der Waals surface area contributed by atoms with Crippen LogP contribution in [0.3, 0.4) is 0 Å². The Hall–Kier alpha value is -2.08. The summed E-state index contributed by atoms with van der Waals surface area (Å²) in [6.45, 7) is 4.15. The molecule has 3 aliphatic rings. The zero-order chi connectivity index (χ0) is 18.8. The molecule has 0 aromatic heterocycles. The number of likely N-dealkylation sites (N-methyl/N-ethyl adjacent to an activating group) is 1. The van der Waals surface area contributed by atoms with Crippen LogP contribution in [-0.2, 0) is 11.2 Å². The van der Waals surface area contributed by atoms with Crippen LogP contribution in [0.2, 0.25) is 0 Å². The van der Waals surface area contributed by atoms with Gasteiger partial charge in [-0.1, -0.05) is 0 Å². The molecule has 0 unspecified atom stereocenters. The molecular formula is C20H28N2O4. The molecule has 1 aromatic carbocycles. The number of methoxy groups -OCH3 is 2. The summed E-state index contributed by atoms with van der Waals surface area (Å²) in [5.74, 6) is 1.58. The van der Waals surface area contributed by atoms with Gasteiger partial charge in [0.2, 0.25) is 5.91 Å². The third kappa shape index (κ3) is 3.70. The quantitative estimate of drug-likeness (QED) is 0.752. The van der Waals surface area contributed by atoms with E-state index in [4.69, 9.17) is 9.47 Å². The van der Waals surface area contributed by atoms with E-state index in [-0.39, 0.29) is 18.1 Å². The van der Waals surface area contributed by atoms with Crippen molar-refractivity contribution in [3.05, 3.63) is 23.3 Å². The van der Waals surface area contributed by atoms with E-state index in [2.05, 4.69) is 11.9 Å². The number of rotatable bonds is 5. The third-order valence-corrected chi connectivity index (χ3v) is 5.67. The number of ketones is 1. The van der Waals surface area contributed by atoms with Crippen molar-refractivity contribution in [1.82, 2.24) is 9.80 Å². The molecule has 2 bridgehead atoms. The first-order valence-electron chi connectivity index (χ1n) is 9.16. The molecule has 0 N–H and O–H groups in total. The first-order valence-corrected chi connectivity index (χ1v) is 9.16. The molecule has 0 radical (unpaired) electrons. The van der Waals surface area contributed by atoms with Crippen molar-refractivity contribution in [3.8, 4) is 11.5 Å². The number of amides is 1. The molecular weight excluding hydrogens is 332 g/mol. The summed E-state index contributed by atoms with van der Waals surface area (Å²) in [6.07, 6.45) is 2.55. The van der Waals surface area contributed by atoms with Crippen LogP contribution in [0.5, 0.6) is 11.5 Å². The van der Waals surface area contributed by atoms with E-state index in [1.54, 1.807) is 19.2 Å². The van der Waals surface area contributed by atoms with Crippen LogP contribution in [0.1, 0.15) is 35.7 Å². The first-order chi connectivity index (χ1) is 12.4. The predicted octanol–water partition coefficient (Wildman–Crippen LogP) is 2.00. The molecule has 0 saturated carbocycles. The Bertz CT molecular complexity index is 703. The van der Waals surface area contributed by atoms with Crippen molar-refractivity contribution in [2.75, 3.05) is 40.9 Å². The fourth-order valence-corrected chi connectivity index (χ4v) is 4.19. The second kappa shape index (κ2) is 7.66. The van der Waals surface area contributed by atoms with Crippen LogP contribution in [0.15, 0.2) is 12.1 Å². The predicted molar refractivity (Wildman–Crippen MR) is 99.0 cm³/mol. The summed E-state index contributed by atoms with van der Waals surface area (Å²) in [6, 6.07) is 3.87. The molecule has 4 rings (SSSR count). The Morgan fingerprint density at radius 1 is 1.08 bits per heavy atom. The van der Waals surface area contributed by atoms with Crippen LogP contribution < -0.4 is 9.47 Å². The number of fused-ring (bicyclic) bond motifs is 4. The van der Waals surface area contributed by atoms with Gasteiger partial charge in [-0.05, 0) is 50.4 Å². The number of piperidine rings is 1. The zero-order valence-corrected chi connectivity index (χ0v) is 16.1. The molecule has 142 valence electrons. The molecule has 3 fully saturated rings. The number of benzene rings is 1. The zero-order valence-electron chi connectivity index (χ0n) is 16.1. The minimum Gasteiger partial charge on any atom is -0.493 e. The number of nitrogens with zero attached hydrogens (tertiary/aromatic N) is 2. The van der Waals surface area contributed by atoms with Gasteiger partial charge in [-0.2, -0.15) is 0 Å². The maximum Gasteiger partial charge on any atom is 0.227 e. The van der Waals surface area contributed by atoms with Crippen LogP contribution >= 0.6 is 0 Å². The number of carbonyl (C=O) groups is 2. The number of Topliss-reactive ketones (excluding diaryl/α,β-unsaturated/α-hetero) is 1. The lowest BCUT2D eigenvalue weighted by atomic mass is 9.96. The van der Waals surface area contributed by atoms with Gasteiger partial charge in [0.25, 0.3) is 0 Å². The van der Waals surface area contributed by atoms with Crippen molar-refractivity contribution in [2.45, 2.75) is 32.2 Å². The maximum absolute atomic E-state index is 13.0. The van der Waals surface area contributed by atoms with Crippen LogP contribution in [0.4, 0.5) is 0 Å². The molecule has 26 heavy (non-hydrogen) atoms. The van der Waals surface area contributed by atoms with E-state index in [0.717, 1.165) is 26.1 Å². The van der Waals surface area contributed by atoms with Crippen molar-refractivity contribution >= 4 is 11.7 Å². The molecule has 6 heteroatoms. The fourth-order valence-electron chi connectivity index (χ4n) is 4.19. The highest BCUT2D eigenvalue weighted by molar-refractivity contribution is 5.97. The number of hydrogen-bond donors (Lipinski definition) is 0. The Labute approximate surface area is 155 Å². The monoisotopic (exact) mass is 360 g/mol. The lowest BCUT2D eigenvalue weighted by Gasteiger charge is -2.32. The summed E-state index contributed by atoms with van der Waals surface area (Å²) < 4.78 is 10.6. The highest BCUT2D eigenvalue weighted by atomic mass is 16.5. The molecule has 3 saturated heterocycles. The normalized spacial score (nSPS) is 22.8. The van der Waals surface area contributed by atoms with Gasteiger partial charge in [-0.3, -0.25) is 9.59 Å². The van der Waals surface area contributed by atoms with Gasteiger partial charge >= 0.3 is 0 Å². The lowest BCUT2D eigenvalue weighted by molar-refractivity contribution is -0.130. The molecule has 3 heterocycles. The van der Waals surface area contributed by atoms with E-state index >= 15 is 0 Å². The largest absolute Gasteiger partial charge is 0.493 e. The topological polar surface area (TPSA) is 59.1 Å². The van der Waals surface area contributed by atoms with E-state index in [1.165, 1.54) is 20.5 Å². The molecule has 1 aromatic rings. The Balaban J connectivity index is 1.83. The second-order valence-corrected chi connectivity index (χ2v) is 7.43. The number of hydrogen-bond acceptors (Lipinski definition) is 5. The van der Waals surface area contributed by atoms with Crippen molar-refractivity contribution < 1.29 is 19.1 Å². The molecule has 1 amide bonds. The molecule has 0 aliphatic carbocycles. The second-order valence-electron chi connectivity index (χ2n) is 7.43.